The maximum Gasteiger partial charge on any atom is 0.306 e. The van der Waals surface area contributed by atoms with Crippen LogP contribution in [0.15, 0.2) is 14.1 Å². The molecule has 5 nitrogen and oxygen atoms in total. The highest BCUT2D eigenvalue weighted by Gasteiger charge is 2.27. The normalized spacial score (nSPS) is 23.1. The van der Waals surface area contributed by atoms with Crippen LogP contribution in [0.5, 0.6) is 0 Å². The van der Waals surface area contributed by atoms with Gasteiger partial charge >= 0.3 is 5.97 Å². The lowest BCUT2D eigenvalue weighted by atomic mass is 9.82. The van der Waals surface area contributed by atoms with Gasteiger partial charge in [0.15, 0.2) is 0 Å². The van der Waals surface area contributed by atoms with Crippen LogP contribution in [0.3, 0.4) is 0 Å². The molecule has 0 aromatic carbocycles. The van der Waals surface area contributed by atoms with Crippen molar-refractivity contribution < 1.29 is 18.3 Å². The fourth-order valence-electron chi connectivity index (χ4n) is 2.48. The van der Waals surface area contributed by atoms with E-state index in [0.717, 1.165) is 22.2 Å². The van der Waals surface area contributed by atoms with Gasteiger partial charge in [0, 0.05) is 6.54 Å². The molecule has 0 amide bonds. The summed E-state index contributed by atoms with van der Waals surface area (Å²) in [6, 6.07) is 1.65. The molecule has 0 spiro atoms. The molecule has 1 heterocycles. The van der Waals surface area contributed by atoms with Crippen LogP contribution in [0.2, 0.25) is 0 Å². The lowest BCUT2D eigenvalue weighted by Crippen LogP contribution is -2.32. The third kappa shape index (κ3) is 4.28. The number of hydrogen-bond donors (Lipinski definition) is 2. The molecular weight excluding hydrogens is 378 g/mol. The van der Waals surface area contributed by atoms with E-state index in [1.165, 1.54) is 11.3 Å². The van der Waals surface area contributed by atoms with Crippen LogP contribution >= 0.6 is 27.3 Å². The molecule has 0 radical (unpaired) electrons. The molecule has 118 valence electrons. The van der Waals surface area contributed by atoms with Crippen LogP contribution in [0.1, 0.15) is 31.2 Å². The molecule has 2 rings (SSSR count). The number of carboxylic acid groups (broad SMARTS) is 1. The number of carboxylic acids is 1. The van der Waals surface area contributed by atoms with Crippen LogP contribution in [0.25, 0.3) is 0 Å². The van der Waals surface area contributed by atoms with Crippen molar-refractivity contribution in [2.24, 2.45) is 11.8 Å². The Kier molecular flexibility index (Phi) is 5.45. The zero-order valence-corrected chi connectivity index (χ0v) is 14.9. The summed E-state index contributed by atoms with van der Waals surface area (Å²) in [5.41, 5.74) is 0.905. The first-order valence-corrected chi connectivity index (χ1v) is 9.87. The zero-order chi connectivity index (χ0) is 15.6. The van der Waals surface area contributed by atoms with Crippen LogP contribution in [-0.2, 0) is 14.8 Å². The van der Waals surface area contributed by atoms with Gasteiger partial charge < -0.3 is 5.11 Å². The maximum atomic E-state index is 12.2. The van der Waals surface area contributed by atoms with Crippen molar-refractivity contribution in [1.82, 2.24) is 4.72 Å². The largest absolute Gasteiger partial charge is 0.481 e. The quantitative estimate of drug-likeness (QED) is 0.802. The molecule has 0 atom stereocenters. The summed E-state index contributed by atoms with van der Waals surface area (Å²) in [5, 5.41) is 8.95. The van der Waals surface area contributed by atoms with E-state index in [0.29, 0.717) is 23.6 Å². The number of thiophene rings is 1. The molecule has 1 saturated carbocycles. The Morgan fingerprint density at radius 3 is 2.52 bits per heavy atom. The number of sulfonamides is 1. The Morgan fingerprint density at radius 1 is 1.43 bits per heavy atom. The van der Waals surface area contributed by atoms with E-state index >= 15 is 0 Å². The van der Waals surface area contributed by atoms with Crippen LogP contribution in [-0.4, -0.2) is 26.0 Å². The average molecular weight is 396 g/mol. The minimum absolute atomic E-state index is 0.222. The van der Waals surface area contributed by atoms with Gasteiger partial charge in [-0.05, 0) is 66.1 Å². The predicted octanol–water partition coefficient (Wildman–Crippen LogP) is 2.99. The summed E-state index contributed by atoms with van der Waals surface area (Å²) in [7, 11) is -3.47. The summed E-state index contributed by atoms with van der Waals surface area (Å²) in [6.45, 7) is 2.23. The standard InChI is InChI=1S/C13H18BrNO4S2/c1-8-6-11(20-12(8)14)21(18,19)15-7-9-2-4-10(5-3-9)13(16)17/h6,9-10,15H,2-5,7H2,1H3,(H,16,17). The molecule has 0 saturated heterocycles. The molecular formula is C13H18BrNO4S2. The van der Waals surface area contributed by atoms with Crippen molar-refractivity contribution in [3.8, 4) is 0 Å². The van der Waals surface area contributed by atoms with Gasteiger partial charge in [-0.15, -0.1) is 11.3 Å². The van der Waals surface area contributed by atoms with Gasteiger partial charge in [0.1, 0.15) is 4.21 Å². The predicted molar refractivity (Wildman–Crippen MR) is 85.0 cm³/mol. The Bertz CT molecular complexity index is 599. The van der Waals surface area contributed by atoms with Crippen molar-refractivity contribution in [2.45, 2.75) is 36.8 Å². The number of nitrogens with one attached hydrogen (secondary N) is 1. The van der Waals surface area contributed by atoms with E-state index in [2.05, 4.69) is 20.7 Å². The Hall–Kier alpha value is -0.440. The van der Waals surface area contributed by atoms with Gasteiger partial charge in [-0.1, -0.05) is 0 Å². The summed E-state index contributed by atoms with van der Waals surface area (Å²) in [4.78, 5) is 10.9. The van der Waals surface area contributed by atoms with Crippen LogP contribution < -0.4 is 4.72 Å². The fourth-order valence-corrected chi connectivity index (χ4v) is 5.86. The summed E-state index contributed by atoms with van der Waals surface area (Å²) in [5.74, 6) is -0.790. The minimum atomic E-state index is -3.47. The highest BCUT2D eigenvalue weighted by molar-refractivity contribution is 9.11. The molecule has 1 fully saturated rings. The van der Waals surface area contributed by atoms with E-state index in [1.807, 2.05) is 6.92 Å². The molecule has 8 heteroatoms. The maximum absolute atomic E-state index is 12.2. The van der Waals surface area contributed by atoms with E-state index < -0.39 is 16.0 Å². The highest BCUT2D eigenvalue weighted by atomic mass is 79.9. The van der Waals surface area contributed by atoms with Crippen molar-refractivity contribution in [1.29, 1.82) is 0 Å². The first-order valence-electron chi connectivity index (χ1n) is 6.78. The average Bonchev–Trinajstić information content (AvgIpc) is 2.78. The number of hydrogen-bond acceptors (Lipinski definition) is 4. The van der Waals surface area contributed by atoms with Crippen molar-refractivity contribution in [3.05, 3.63) is 15.4 Å². The topological polar surface area (TPSA) is 83.5 Å². The number of aryl methyl sites for hydroxylation is 1. The molecule has 0 unspecified atom stereocenters. The molecule has 0 bridgehead atoms. The smallest absolute Gasteiger partial charge is 0.306 e. The molecule has 1 aromatic heterocycles. The Labute approximate surface area is 136 Å². The summed E-state index contributed by atoms with van der Waals surface area (Å²) in [6.07, 6.45) is 2.77. The zero-order valence-electron chi connectivity index (χ0n) is 11.6. The van der Waals surface area contributed by atoms with Crippen LogP contribution in [0, 0.1) is 18.8 Å². The van der Waals surface area contributed by atoms with E-state index in [-0.39, 0.29) is 11.8 Å². The monoisotopic (exact) mass is 395 g/mol. The fraction of sp³-hybridized carbons (Fsp3) is 0.615. The van der Waals surface area contributed by atoms with Gasteiger partial charge in [-0.25, -0.2) is 13.1 Å². The summed E-state index contributed by atoms with van der Waals surface area (Å²) < 4.78 is 28.2. The number of aliphatic carboxylic acids is 1. The van der Waals surface area contributed by atoms with Crippen molar-refractivity contribution in [2.75, 3.05) is 6.54 Å². The Balaban J connectivity index is 1.90. The number of halogens is 1. The lowest BCUT2D eigenvalue weighted by molar-refractivity contribution is -0.143. The van der Waals surface area contributed by atoms with E-state index in [4.69, 9.17) is 5.11 Å². The van der Waals surface area contributed by atoms with Gasteiger partial charge in [-0.2, -0.15) is 0 Å². The molecule has 0 aliphatic heterocycles. The molecule has 1 aliphatic rings. The summed E-state index contributed by atoms with van der Waals surface area (Å²) >= 11 is 4.53. The second-order valence-electron chi connectivity index (χ2n) is 5.43. The SMILES string of the molecule is Cc1cc(S(=O)(=O)NCC2CCC(C(=O)O)CC2)sc1Br. The van der Waals surface area contributed by atoms with Gasteiger partial charge in [0.2, 0.25) is 10.0 Å². The van der Waals surface area contributed by atoms with Gasteiger partial charge in [0.05, 0.1) is 9.70 Å². The third-order valence-electron chi connectivity index (χ3n) is 3.86. The van der Waals surface area contributed by atoms with Crippen molar-refractivity contribution >= 4 is 43.3 Å². The number of rotatable bonds is 5. The first kappa shape index (κ1) is 16.9. The second-order valence-corrected chi connectivity index (χ2v) is 9.79. The van der Waals surface area contributed by atoms with Crippen molar-refractivity contribution in [3.63, 3.8) is 0 Å². The van der Waals surface area contributed by atoms with E-state index in [9.17, 15) is 13.2 Å². The Morgan fingerprint density at radius 2 is 2.05 bits per heavy atom. The minimum Gasteiger partial charge on any atom is -0.481 e. The molecule has 1 aliphatic carbocycles. The number of carbonyl (C=O) groups is 1. The molecule has 1 aromatic rings. The molecule has 2 N–H and O–H groups in total. The molecule has 21 heavy (non-hydrogen) atoms. The van der Waals surface area contributed by atoms with E-state index in [1.54, 1.807) is 6.07 Å². The second kappa shape index (κ2) is 6.76. The highest BCUT2D eigenvalue weighted by Crippen LogP contribution is 2.31. The van der Waals surface area contributed by atoms with Gasteiger partial charge in [0.25, 0.3) is 0 Å². The van der Waals surface area contributed by atoms with Crippen LogP contribution in [0.4, 0.5) is 0 Å². The lowest BCUT2D eigenvalue weighted by Gasteiger charge is -2.25. The first-order chi connectivity index (χ1) is 9.79. The van der Waals surface area contributed by atoms with Gasteiger partial charge in [-0.3, -0.25) is 4.79 Å². The third-order valence-corrected chi connectivity index (χ3v) is 7.89.